The van der Waals surface area contributed by atoms with E-state index in [1.165, 1.54) is 28.7 Å². The Labute approximate surface area is 252 Å². The number of aromatic nitrogens is 4. The zero-order valence-electron chi connectivity index (χ0n) is 24.3. The standard InChI is InChI=1S/C29H32FN6O4.Li.O/c1-29(2,3)40-28(39)33-9-6-18(7-10-33)19-13-32-36(14-19)20-11-21-22(23(30)12-20)15-35(27(21)38)25(16-37)26-24-5-4-8-34(24)17-31-26;;/h11-14,17-18,25H,4-10,15H2,1-3H3;;/q;;-2. The third kappa shape index (κ3) is 5.51. The number of piperidine rings is 1. The van der Waals surface area contributed by atoms with Crippen molar-refractivity contribution in [3.05, 3.63) is 64.7 Å². The van der Waals surface area contributed by atoms with Gasteiger partial charge < -0.3 is 15.1 Å². The van der Waals surface area contributed by atoms with E-state index >= 15 is 4.39 Å². The minimum atomic E-state index is -0.852. The molecule has 5 heterocycles. The maximum atomic E-state index is 15.4. The van der Waals surface area contributed by atoms with Crippen molar-refractivity contribution in [2.75, 3.05) is 13.1 Å². The van der Waals surface area contributed by atoms with E-state index in [2.05, 4.69) is 10.1 Å². The van der Waals surface area contributed by atoms with Crippen LogP contribution >= 0.6 is 0 Å². The van der Waals surface area contributed by atoms with Gasteiger partial charge in [0.2, 0.25) is 0 Å². The summed E-state index contributed by atoms with van der Waals surface area (Å²) in [5, 5.41) is 4.47. The van der Waals surface area contributed by atoms with Gasteiger partial charge in [0.15, 0.2) is 0 Å². The molecule has 0 N–H and O–H groups in total. The smallest absolute Gasteiger partial charge is 2.00 e. The van der Waals surface area contributed by atoms with Crippen molar-refractivity contribution in [1.82, 2.24) is 29.1 Å². The molecule has 1 saturated heterocycles. The Kier molecular flexibility index (Phi) is 8.09. The van der Waals surface area contributed by atoms with Crippen LogP contribution in [0.4, 0.5) is 9.18 Å². The number of carbonyl (C=O) groups is 3. The molecule has 2 aromatic heterocycles. The van der Waals surface area contributed by atoms with Gasteiger partial charge in [0.25, 0.3) is 0 Å². The number of rotatable bonds is 5. The van der Waals surface area contributed by atoms with Crippen LogP contribution < -0.4 is 0 Å². The van der Waals surface area contributed by atoms with E-state index < -0.39 is 17.5 Å². The SMILES string of the molecule is [Li][C](=O)C(c1ncn2c1CCC2)N1Cc2c(F)cc(-n3cc(C4CCN(C(=O)OC(C)(C)C)CC4)cn3)cc2C1=O.[O-2]. The maximum absolute atomic E-state index is 15.4. The van der Waals surface area contributed by atoms with Crippen molar-refractivity contribution in [3.63, 3.8) is 0 Å². The molecular weight excluding hydrogens is 538 g/mol. The summed E-state index contributed by atoms with van der Waals surface area (Å²) in [5.74, 6) is -0.692. The van der Waals surface area contributed by atoms with Crippen LogP contribution in [-0.4, -0.2) is 82.0 Å². The largest absolute Gasteiger partial charge is 2.00 e. The Morgan fingerprint density at radius 2 is 1.90 bits per heavy atom. The van der Waals surface area contributed by atoms with Crippen molar-refractivity contribution in [2.24, 2.45) is 0 Å². The van der Waals surface area contributed by atoms with Gasteiger partial charge in [-0.25, -0.2) is 4.79 Å². The van der Waals surface area contributed by atoms with Crippen molar-refractivity contribution in [3.8, 4) is 5.69 Å². The summed E-state index contributed by atoms with van der Waals surface area (Å²) in [4.78, 5) is 46.4. The Hall–Kier alpha value is -3.46. The Morgan fingerprint density at radius 3 is 2.60 bits per heavy atom. The van der Waals surface area contributed by atoms with Crippen LogP contribution in [-0.2, 0) is 34.5 Å². The molecule has 218 valence electrons. The molecule has 0 radical (unpaired) electrons. The predicted molar refractivity (Wildman–Crippen MR) is 148 cm³/mol. The average Bonchev–Trinajstić information content (AvgIpc) is 3.70. The summed E-state index contributed by atoms with van der Waals surface area (Å²) in [6.07, 6.45) is 8.34. The second-order valence-corrected chi connectivity index (χ2v) is 12.2. The molecule has 2 amide bonds. The van der Waals surface area contributed by atoms with Crippen molar-refractivity contribution in [1.29, 1.82) is 0 Å². The molecule has 1 atom stereocenters. The topological polar surface area (TPSA) is 131 Å². The number of halogens is 1. The number of fused-ring (bicyclic) bond motifs is 2. The van der Waals surface area contributed by atoms with Crippen molar-refractivity contribution < 1.29 is 29.0 Å². The molecule has 1 aromatic carbocycles. The molecular formula is C29H32FLiN6O5-2. The van der Waals surface area contributed by atoms with Gasteiger partial charge in [-0.2, -0.15) is 0 Å². The Balaban J connectivity index is 0.00000353. The van der Waals surface area contributed by atoms with Gasteiger partial charge in [0.1, 0.15) is 5.60 Å². The fraction of sp³-hybridized carbons (Fsp3) is 0.483. The van der Waals surface area contributed by atoms with Gasteiger partial charge >= 0.3 is 194 Å². The number of nitrogens with zero attached hydrogens (tertiary/aromatic N) is 6. The third-order valence-corrected chi connectivity index (χ3v) is 8.23. The van der Waals surface area contributed by atoms with Crippen molar-refractivity contribution >= 4 is 34.2 Å². The van der Waals surface area contributed by atoms with Crippen LogP contribution in [0, 0.1) is 5.82 Å². The summed E-state index contributed by atoms with van der Waals surface area (Å²) in [6, 6.07) is 2.18. The normalized spacial score (nSPS) is 17.6. The fourth-order valence-corrected chi connectivity index (χ4v) is 6.21. The van der Waals surface area contributed by atoms with E-state index in [0.29, 0.717) is 24.5 Å². The van der Waals surface area contributed by atoms with Gasteiger partial charge in [0, 0.05) is 13.1 Å². The number of imidazole rings is 1. The summed E-state index contributed by atoms with van der Waals surface area (Å²) in [7, 11) is 0. The van der Waals surface area contributed by atoms with E-state index in [0.717, 1.165) is 43.5 Å². The molecule has 0 aliphatic carbocycles. The number of likely N-dealkylation sites (tertiary alicyclic amines) is 1. The number of carbonyl (C=O) groups excluding carboxylic acids is 3. The molecule has 3 aromatic rings. The average molecular weight is 571 g/mol. The molecule has 11 nitrogen and oxygen atoms in total. The predicted octanol–water partition coefficient (Wildman–Crippen LogP) is 3.54. The summed E-state index contributed by atoms with van der Waals surface area (Å²) >= 11 is 1.45. The molecule has 0 saturated carbocycles. The van der Waals surface area contributed by atoms with Crippen molar-refractivity contribution in [2.45, 2.75) is 77.1 Å². The van der Waals surface area contributed by atoms with Gasteiger partial charge in [-0.15, -0.1) is 0 Å². The summed E-state index contributed by atoms with van der Waals surface area (Å²) in [6.45, 7) is 7.58. The van der Waals surface area contributed by atoms with Crippen LogP contribution in [0.2, 0.25) is 0 Å². The minimum Gasteiger partial charge on any atom is -2.00 e. The number of amides is 2. The Morgan fingerprint density at radius 1 is 1.17 bits per heavy atom. The number of hydrogen-bond donors (Lipinski definition) is 0. The van der Waals surface area contributed by atoms with Crippen LogP contribution in [0.5, 0.6) is 0 Å². The summed E-state index contributed by atoms with van der Waals surface area (Å²) in [5.41, 5.74) is 2.98. The monoisotopic (exact) mass is 570 g/mol. The number of aryl methyl sites for hydroxylation is 1. The Bertz CT molecular complexity index is 1540. The summed E-state index contributed by atoms with van der Waals surface area (Å²) < 4.78 is 24.3. The molecule has 1 unspecified atom stereocenters. The van der Waals surface area contributed by atoms with Gasteiger partial charge in [-0.3, -0.25) is 0 Å². The second-order valence-electron chi connectivity index (χ2n) is 12.2. The van der Waals surface area contributed by atoms with Crippen LogP contribution in [0.15, 0.2) is 30.9 Å². The molecule has 3 aliphatic rings. The maximum Gasteiger partial charge on any atom is -2.00 e. The van der Waals surface area contributed by atoms with E-state index in [4.69, 9.17) is 4.74 Å². The molecule has 0 spiro atoms. The molecule has 13 heteroatoms. The zero-order valence-corrected chi connectivity index (χ0v) is 24.3. The quantitative estimate of drug-likeness (QED) is 0.431. The molecule has 42 heavy (non-hydrogen) atoms. The zero-order chi connectivity index (χ0) is 29.1. The van der Waals surface area contributed by atoms with E-state index in [-0.39, 0.29) is 45.5 Å². The first-order valence-corrected chi connectivity index (χ1v) is 14.2. The first kappa shape index (κ1) is 30.0. The fourth-order valence-electron chi connectivity index (χ4n) is 6.21. The molecule has 1 fully saturated rings. The third-order valence-electron chi connectivity index (χ3n) is 8.23. The number of benzene rings is 1. The molecule has 6 rings (SSSR count). The van der Waals surface area contributed by atoms with Crippen LogP contribution in [0.3, 0.4) is 0 Å². The first-order chi connectivity index (χ1) is 19.5. The van der Waals surface area contributed by atoms with Gasteiger partial charge in [-0.05, 0) is 20.8 Å². The van der Waals surface area contributed by atoms with E-state index in [1.807, 2.05) is 31.5 Å². The van der Waals surface area contributed by atoms with E-state index in [1.54, 1.807) is 28.2 Å². The van der Waals surface area contributed by atoms with E-state index in [9.17, 15) is 14.4 Å². The first-order valence-electron chi connectivity index (χ1n) is 14.2. The van der Waals surface area contributed by atoms with Gasteiger partial charge in [-0.1, -0.05) is 0 Å². The second kappa shape index (κ2) is 11.3. The van der Waals surface area contributed by atoms with Crippen LogP contribution in [0.1, 0.15) is 84.9 Å². The minimum absolute atomic E-state index is 0. The number of ether oxygens (including phenoxy) is 1. The molecule has 0 bridgehead atoms. The molecule has 3 aliphatic heterocycles. The number of hydrogen-bond acceptors (Lipinski definition) is 6. The van der Waals surface area contributed by atoms with Gasteiger partial charge in [0.05, 0.1) is 0 Å². The van der Waals surface area contributed by atoms with Crippen LogP contribution in [0.25, 0.3) is 5.69 Å².